The van der Waals surface area contributed by atoms with E-state index in [1.807, 2.05) is 0 Å². The van der Waals surface area contributed by atoms with E-state index in [1.54, 1.807) is 0 Å². The summed E-state index contributed by atoms with van der Waals surface area (Å²) < 4.78 is 5.58. The van der Waals surface area contributed by atoms with Crippen molar-refractivity contribution < 1.29 is 9.84 Å². The number of rotatable bonds is 2. The van der Waals surface area contributed by atoms with Gasteiger partial charge in [0, 0.05) is 6.61 Å². The lowest BCUT2D eigenvalue weighted by Crippen LogP contribution is -2.32. The van der Waals surface area contributed by atoms with Crippen molar-refractivity contribution in [3.8, 4) is 0 Å². The SMILES string of the molecule is CC(C)(C)C(O)CC1CCCCO1. The van der Waals surface area contributed by atoms with E-state index >= 15 is 0 Å². The van der Waals surface area contributed by atoms with Crippen molar-refractivity contribution in [1.29, 1.82) is 0 Å². The van der Waals surface area contributed by atoms with Gasteiger partial charge in [0.2, 0.25) is 0 Å². The molecular weight excluding hydrogens is 164 g/mol. The normalized spacial score (nSPS) is 27.2. The molecule has 0 spiro atoms. The second-order valence-electron chi connectivity index (χ2n) is 5.11. The maximum atomic E-state index is 9.86. The molecule has 1 rings (SSSR count). The number of aliphatic hydroxyl groups excluding tert-OH is 1. The first-order valence-corrected chi connectivity index (χ1v) is 5.30. The molecular formula is C11H22O2. The highest BCUT2D eigenvalue weighted by molar-refractivity contribution is 4.77. The first kappa shape index (κ1) is 11.0. The van der Waals surface area contributed by atoms with E-state index < -0.39 is 0 Å². The Kier molecular flexibility index (Phi) is 3.74. The van der Waals surface area contributed by atoms with Crippen LogP contribution in [-0.2, 0) is 4.74 Å². The molecule has 0 aromatic carbocycles. The van der Waals surface area contributed by atoms with Crippen LogP contribution in [0, 0.1) is 5.41 Å². The van der Waals surface area contributed by atoms with Crippen molar-refractivity contribution in [3.05, 3.63) is 0 Å². The molecule has 1 heterocycles. The van der Waals surface area contributed by atoms with Crippen LogP contribution in [0.3, 0.4) is 0 Å². The van der Waals surface area contributed by atoms with Gasteiger partial charge in [0.15, 0.2) is 0 Å². The van der Waals surface area contributed by atoms with E-state index in [2.05, 4.69) is 20.8 Å². The highest BCUT2D eigenvalue weighted by Gasteiger charge is 2.26. The zero-order chi connectivity index (χ0) is 9.90. The van der Waals surface area contributed by atoms with Crippen LogP contribution >= 0.6 is 0 Å². The van der Waals surface area contributed by atoms with E-state index in [0.717, 1.165) is 19.4 Å². The van der Waals surface area contributed by atoms with Crippen molar-refractivity contribution in [2.24, 2.45) is 5.41 Å². The summed E-state index contributed by atoms with van der Waals surface area (Å²) in [5.74, 6) is 0. The van der Waals surface area contributed by atoms with Crippen LogP contribution in [0.4, 0.5) is 0 Å². The molecule has 0 amide bonds. The van der Waals surface area contributed by atoms with Crippen LogP contribution in [0.5, 0.6) is 0 Å². The molecule has 1 saturated heterocycles. The van der Waals surface area contributed by atoms with Crippen LogP contribution < -0.4 is 0 Å². The van der Waals surface area contributed by atoms with Gasteiger partial charge in [0.1, 0.15) is 0 Å². The summed E-state index contributed by atoms with van der Waals surface area (Å²) in [4.78, 5) is 0. The van der Waals surface area contributed by atoms with Crippen LogP contribution in [0.15, 0.2) is 0 Å². The van der Waals surface area contributed by atoms with Gasteiger partial charge in [0.25, 0.3) is 0 Å². The smallest absolute Gasteiger partial charge is 0.0613 e. The first-order chi connectivity index (χ1) is 6.00. The fraction of sp³-hybridized carbons (Fsp3) is 1.00. The minimum Gasteiger partial charge on any atom is -0.392 e. The number of hydrogen-bond donors (Lipinski definition) is 1. The van der Waals surface area contributed by atoms with Crippen LogP contribution in [0.1, 0.15) is 46.5 Å². The lowest BCUT2D eigenvalue weighted by atomic mass is 9.85. The first-order valence-electron chi connectivity index (χ1n) is 5.30. The quantitative estimate of drug-likeness (QED) is 0.717. The maximum absolute atomic E-state index is 9.86. The third-order valence-electron chi connectivity index (χ3n) is 2.76. The summed E-state index contributed by atoms with van der Waals surface area (Å²) in [5, 5.41) is 9.86. The Bertz CT molecular complexity index is 143. The fourth-order valence-corrected chi connectivity index (χ4v) is 1.60. The van der Waals surface area contributed by atoms with E-state index in [4.69, 9.17) is 4.74 Å². The second-order valence-corrected chi connectivity index (χ2v) is 5.11. The Labute approximate surface area is 81.3 Å². The van der Waals surface area contributed by atoms with E-state index in [9.17, 15) is 5.11 Å². The van der Waals surface area contributed by atoms with Gasteiger partial charge in [-0.1, -0.05) is 20.8 Å². The number of ether oxygens (including phenoxy) is 1. The predicted molar refractivity (Wildman–Crippen MR) is 53.7 cm³/mol. The van der Waals surface area contributed by atoms with Crippen molar-refractivity contribution in [2.75, 3.05) is 6.61 Å². The Hall–Kier alpha value is -0.0800. The van der Waals surface area contributed by atoms with Gasteiger partial charge in [-0.15, -0.1) is 0 Å². The molecule has 0 aromatic heterocycles. The van der Waals surface area contributed by atoms with Crippen LogP contribution in [-0.4, -0.2) is 23.9 Å². The average molecular weight is 186 g/mol. The van der Waals surface area contributed by atoms with Gasteiger partial charge in [-0.25, -0.2) is 0 Å². The molecule has 13 heavy (non-hydrogen) atoms. The van der Waals surface area contributed by atoms with Gasteiger partial charge in [-0.3, -0.25) is 0 Å². The molecule has 0 aliphatic carbocycles. The highest BCUT2D eigenvalue weighted by Crippen LogP contribution is 2.26. The standard InChI is InChI=1S/C11H22O2/c1-11(2,3)10(12)8-9-6-4-5-7-13-9/h9-10,12H,4-8H2,1-3H3. The molecule has 1 fully saturated rings. The molecule has 0 aromatic rings. The Morgan fingerprint density at radius 1 is 1.38 bits per heavy atom. The highest BCUT2D eigenvalue weighted by atomic mass is 16.5. The average Bonchev–Trinajstić information content (AvgIpc) is 2.04. The molecule has 0 bridgehead atoms. The lowest BCUT2D eigenvalue weighted by Gasteiger charge is -2.31. The zero-order valence-electron chi connectivity index (χ0n) is 9.05. The molecule has 1 aliphatic heterocycles. The number of aliphatic hydroxyl groups is 1. The monoisotopic (exact) mass is 186 g/mol. The van der Waals surface area contributed by atoms with E-state index in [1.165, 1.54) is 12.8 Å². The van der Waals surface area contributed by atoms with Crippen molar-refractivity contribution >= 4 is 0 Å². The zero-order valence-corrected chi connectivity index (χ0v) is 9.05. The summed E-state index contributed by atoms with van der Waals surface area (Å²) in [6.45, 7) is 7.09. The fourth-order valence-electron chi connectivity index (χ4n) is 1.60. The molecule has 2 nitrogen and oxygen atoms in total. The molecule has 0 radical (unpaired) electrons. The maximum Gasteiger partial charge on any atom is 0.0613 e. The second kappa shape index (κ2) is 4.43. The van der Waals surface area contributed by atoms with Crippen molar-refractivity contribution in [2.45, 2.75) is 58.7 Å². The molecule has 1 N–H and O–H groups in total. The molecule has 2 unspecified atom stereocenters. The van der Waals surface area contributed by atoms with Gasteiger partial charge < -0.3 is 9.84 Å². The van der Waals surface area contributed by atoms with Gasteiger partial charge >= 0.3 is 0 Å². The Morgan fingerprint density at radius 2 is 2.08 bits per heavy atom. The minimum absolute atomic E-state index is 0.0131. The summed E-state index contributed by atoms with van der Waals surface area (Å²) in [6, 6.07) is 0. The molecule has 78 valence electrons. The van der Waals surface area contributed by atoms with Crippen LogP contribution in [0.25, 0.3) is 0 Å². The molecule has 1 aliphatic rings. The number of hydrogen-bond acceptors (Lipinski definition) is 2. The van der Waals surface area contributed by atoms with Crippen molar-refractivity contribution in [3.63, 3.8) is 0 Å². The predicted octanol–water partition coefficient (Wildman–Crippen LogP) is 2.35. The molecule has 0 saturated carbocycles. The van der Waals surface area contributed by atoms with E-state index in [-0.39, 0.29) is 11.5 Å². The topological polar surface area (TPSA) is 29.5 Å². The van der Waals surface area contributed by atoms with Gasteiger partial charge in [-0.05, 0) is 31.1 Å². The summed E-state index contributed by atoms with van der Waals surface area (Å²) >= 11 is 0. The van der Waals surface area contributed by atoms with Gasteiger partial charge in [-0.2, -0.15) is 0 Å². The Morgan fingerprint density at radius 3 is 2.54 bits per heavy atom. The van der Waals surface area contributed by atoms with Crippen LogP contribution in [0.2, 0.25) is 0 Å². The van der Waals surface area contributed by atoms with Gasteiger partial charge in [0.05, 0.1) is 12.2 Å². The molecule has 2 heteroatoms. The van der Waals surface area contributed by atoms with Crippen molar-refractivity contribution in [1.82, 2.24) is 0 Å². The molecule has 2 atom stereocenters. The third kappa shape index (κ3) is 3.65. The Balaban J connectivity index is 2.30. The lowest BCUT2D eigenvalue weighted by molar-refractivity contribution is -0.0401. The summed E-state index contributed by atoms with van der Waals surface area (Å²) in [7, 11) is 0. The van der Waals surface area contributed by atoms with E-state index in [0.29, 0.717) is 6.10 Å². The summed E-state index contributed by atoms with van der Waals surface area (Å²) in [6.07, 6.45) is 4.40. The minimum atomic E-state index is -0.240. The largest absolute Gasteiger partial charge is 0.392 e. The third-order valence-corrected chi connectivity index (χ3v) is 2.76. The summed E-state index contributed by atoms with van der Waals surface area (Å²) in [5.41, 5.74) is -0.0131.